The van der Waals surface area contributed by atoms with Crippen LogP contribution in [0.4, 0.5) is 4.79 Å². The monoisotopic (exact) mass is 375 g/mol. The summed E-state index contributed by atoms with van der Waals surface area (Å²) in [7, 11) is 3.27. The summed E-state index contributed by atoms with van der Waals surface area (Å²) in [5.74, 6) is 0.900. The molecule has 3 amide bonds. The van der Waals surface area contributed by atoms with Crippen LogP contribution >= 0.6 is 0 Å². The lowest BCUT2D eigenvalue weighted by Crippen LogP contribution is -2.63. The van der Waals surface area contributed by atoms with Crippen LogP contribution in [-0.4, -0.2) is 87.8 Å². The van der Waals surface area contributed by atoms with Crippen molar-refractivity contribution in [1.29, 1.82) is 0 Å². The van der Waals surface area contributed by atoms with E-state index in [1.807, 2.05) is 38.3 Å². The molecule has 2 aliphatic rings. The van der Waals surface area contributed by atoms with E-state index >= 15 is 0 Å². The molecule has 0 N–H and O–H groups in total. The highest BCUT2D eigenvalue weighted by Gasteiger charge is 2.53. The second kappa shape index (κ2) is 7.22. The molecule has 27 heavy (non-hydrogen) atoms. The Morgan fingerprint density at radius 3 is 2.56 bits per heavy atom. The second-order valence-corrected chi connectivity index (χ2v) is 7.38. The molecule has 0 bridgehead atoms. The lowest BCUT2D eigenvalue weighted by Gasteiger charge is -2.34. The molecule has 0 radical (unpaired) electrons. The molecular formula is C18H27N6O3+. The van der Waals surface area contributed by atoms with Crippen LogP contribution in [0.1, 0.15) is 25.2 Å². The number of aliphatic imine (C=N–C) groups is 1. The Hall–Kier alpha value is -2.55. The number of carbonyl (C=O) groups excluding carboxylic acids is 2. The highest BCUT2D eigenvalue weighted by atomic mass is 16.5. The zero-order chi connectivity index (χ0) is 19.9. The maximum absolute atomic E-state index is 13.2. The summed E-state index contributed by atoms with van der Waals surface area (Å²) in [6, 6.07) is 0.955. The number of likely N-dealkylation sites (N-methyl/N-ethyl adjacent to an activating group) is 1. The standard InChI is InChI=1S/C18H27N6O3/c1-11(2)10-23-16(25)14-15(21(5)18(23)26)19-17(22(14)7-8-27-6)24-13(4)9-12(3)20-24/h9,11,14H,7-8,10H2,1-6H3/q+1. The average Bonchev–Trinajstić information content (AvgIpc) is 3.14. The molecule has 0 spiro atoms. The van der Waals surface area contributed by atoms with E-state index in [2.05, 4.69) is 10.1 Å². The molecule has 0 saturated carbocycles. The lowest BCUT2D eigenvalue weighted by molar-refractivity contribution is -0.539. The van der Waals surface area contributed by atoms with Gasteiger partial charge in [0.05, 0.1) is 18.8 Å². The first kappa shape index (κ1) is 19.2. The summed E-state index contributed by atoms with van der Waals surface area (Å²) in [5, 5.41) is 4.51. The number of fused-ring (bicyclic) bond motifs is 1. The Kier molecular flexibility index (Phi) is 5.14. The van der Waals surface area contributed by atoms with Gasteiger partial charge in [-0.15, -0.1) is 9.78 Å². The molecule has 9 nitrogen and oxygen atoms in total. The van der Waals surface area contributed by atoms with Crippen LogP contribution in [0.25, 0.3) is 0 Å². The smallest absolute Gasteiger partial charge is 0.381 e. The van der Waals surface area contributed by atoms with Gasteiger partial charge in [0.2, 0.25) is 11.9 Å². The van der Waals surface area contributed by atoms with E-state index in [9.17, 15) is 9.59 Å². The number of rotatable bonds is 5. The highest BCUT2D eigenvalue weighted by Crippen LogP contribution is 2.22. The van der Waals surface area contributed by atoms with Crippen LogP contribution in [0.15, 0.2) is 11.1 Å². The summed E-state index contributed by atoms with van der Waals surface area (Å²) in [5.41, 5.74) is 1.77. The SMILES string of the molecule is COCC[N+]1=C(n2nc(C)cc2C)N=C2C1C(=O)N(CC(C)C)C(=O)N2C. The number of aryl methyl sites for hydroxylation is 2. The summed E-state index contributed by atoms with van der Waals surface area (Å²) in [4.78, 5) is 33.4. The Morgan fingerprint density at radius 1 is 1.30 bits per heavy atom. The highest BCUT2D eigenvalue weighted by molar-refractivity contribution is 6.23. The average molecular weight is 375 g/mol. The maximum Gasteiger partial charge on any atom is 0.421 e. The third-order valence-electron chi connectivity index (χ3n) is 4.67. The number of ether oxygens (including phenoxy) is 1. The molecule has 9 heteroatoms. The minimum atomic E-state index is -0.652. The first-order valence-corrected chi connectivity index (χ1v) is 9.10. The van der Waals surface area contributed by atoms with Crippen LogP contribution in [0.2, 0.25) is 0 Å². The van der Waals surface area contributed by atoms with Crippen molar-refractivity contribution in [2.45, 2.75) is 33.7 Å². The number of imide groups is 1. The van der Waals surface area contributed by atoms with Gasteiger partial charge >= 0.3 is 12.0 Å². The van der Waals surface area contributed by atoms with E-state index in [0.29, 0.717) is 31.5 Å². The van der Waals surface area contributed by atoms with Gasteiger partial charge in [-0.3, -0.25) is 14.6 Å². The van der Waals surface area contributed by atoms with Crippen LogP contribution in [-0.2, 0) is 9.53 Å². The maximum atomic E-state index is 13.2. The minimum Gasteiger partial charge on any atom is -0.381 e. The predicted molar refractivity (Wildman–Crippen MR) is 100 cm³/mol. The topological polar surface area (TPSA) is 83.0 Å². The van der Waals surface area contributed by atoms with Gasteiger partial charge in [-0.2, -0.15) is 0 Å². The number of methoxy groups -OCH3 is 1. The zero-order valence-corrected chi connectivity index (χ0v) is 16.8. The van der Waals surface area contributed by atoms with Gasteiger partial charge in [-0.05, 0) is 25.8 Å². The molecule has 3 heterocycles. The summed E-state index contributed by atoms with van der Waals surface area (Å²) in [6.07, 6.45) is 0. The van der Waals surface area contributed by atoms with E-state index in [0.717, 1.165) is 11.4 Å². The summed E-state index contributed by atoms with van der Waals surface area (Å²) < 4.78 is 8.83. The fourth-order valence-corrected chi connectivity index (χ4v) is 3.46. The lowest BCUT2D eigenvalue weighted by atomic mass is 10.1. The molecule has 1 saturated heterocycles. The second-order valence-electron chi connectivity index (χ2n) is 7.38. The van der Waals surface area contributed by atoms with Crippen molar-refractivity contribution >= 4 is 23.7 Å². The molecule has 0 aromatic carbocycles. The van der Waals surface area contributed by atoms with Crippen molar-refractivity contribution in [3.05, 3.63) is 17.5 Å². The number of nitrogens with zero attached hydrogens (tertiary/aromatic N) is 6. The molecule has 1 fully saturated rings. The van der Waals surface area contributed by atoms with E-state index in [-0.39, 0.29) is 17.9 Å². The van der Waals surface area contributed by atoms with Crippen LogP contribution in [0.3, 0.4) is 0 Å². The third kappa shape index (κ3) is 3.27. The Bertz CT molecular complexity index is 838. The molecule has 3 rings (SSSR count). The summed E-state index contributed by atoms with van der Waals surface area (Å²) in [6.45, 7) is 9.07. The number of aromatic nitrogens is 2. The van der Waals surface area contributed by atoms with Crippen LogP contribution in [0.5, 0.6) is 0 Å². The van der Waals surface area contributed by atoms with Gasteiger partial charge in [-0.1, -0.05) is 18.8 Å². The first-order valence-electron chi connectivity index (χ1n) is 9.10. The Morgan fingerprint density at radius 2 is 2.00 bits per heavy atom. The quantitative estimate of drug-likeness (QED) is 0.709. The van der Waals surface area contributed by atoms with Crippen molar-refractivity contribution in [1.82, 2.24) is 19.6 Å². The number of amidine groups is 1. The molecular weight excluding hydrogens is 348 g/mol. The van der Waals surface area contributed by atoms with Crippen molar-refractivity contribution in [3.63, 3.8) is 0 Å². The van der Waals surface area contributed by atoms with Crippen LogP contribution in [0, 0.1) is 19.8 Å². The number of urea groups is 1. The molecule has 146 valence electrons. The normalized spacial score (nSPS) is 20.1. The number of hydrogen-bond donors (Lipinski definition) is 0. The van der Waals surface area contributed by atoms with Gasteiger partial charge in [-0.25, -0.2) is 9.37 Å². The molecule has 0 aliphatic carbocycles. The number of hydrogen-bond acceptors (Lipinski definition) is 5. The number of carbonyl (C=O) groups is 2. The van der Waals surface area contributed by atoms with Crippen molar-refractivity contribution in [3.8, 4) is 0 Å². The molecule has 1 unspecified atom stereocenters. The van der Waals surface area contributed by atoms with Gasteiger partial charge < -0.3 is 4.74 Å². The van der Waals surface area contributed by atoms with Gasteiger partial charge in [0, 0.05) is 20.7 Å². The van der Waals surface area contributed by atoms with Gasteiger partial charge in [0.15, 0.2) is 0 Å². The van der Waals surface area contributed by atoms with E-state index in [4.69, 9.17) is 4.74 Å². The predicted octanol–water partition coefficient (Wildman–Crippen LogP) is 0.694. The van der Waals surface area contributed by atoms with Crippen LogP contribution < -0.4 is 0 Å². The van der Waals surface area contributed by atoms with E-state index in [1.165, 1.54) is 9.80 Å². The zero-order valence-electron chi connectivity index (χ0n) is 16.8. The van der Waals surface area contributed by atoms with Crippen molar-refractivity contribution in [2.24, 2.45) is 10.9 Å². The Labute approximate surface area is 158 Å². The van der Waals surface area contributed by atoms with E-state index < -0.39 is 6.04 Å². The molecule has 1 atom stereocenters. The Balaban J connectivity index is 2.10. The minimum absolute atomic E-state index is 0.179. The molecule has 2 aliphatic heterocycles. The van der Waals surface area contributed by atoms with E-state index in [1.54, 1.807) is 18.8 Å². The number of amides is 3. The third-order valence-corrected chi connectivity index (χ3v) is 4.67. The fourth-order valence-electron chi connectivity index (χ4n) is 3.46. The van der Waals surface area contributed by atoms with Gasteiger partial charge in [0.1, 0.15) is 5.69 Å². The van der Waals surface area contributed by atoms with Crippen molar-refractivity contribution in [2.75, 3.05) is 33.9 Å². The molecule has 1 aromatic heterocycles. The summed E-state index contributed by atoms with van der Waals surface area (Å²) >= 11 is 0. The largest absolute Gasteiger partial charge is 0.421 e. The van der Waals surface area contributed by atoms with Crippen molar-refractivity contribution < 1.29 is 18.9 Å². The first-order chi connectivity index (χ1) is 12.8. The molecule has 1 aromatic rings. The van der Waals surface area contributed by atoms with Gasteiger partial charge in [0.25, 0.3) is 5.91 Å². The fraction of sp³-hybridized carbons (Fsp3) is 0.611.